The molecule has 4 aromatic carbocycles. The van der Waals surface area contributed by atoms with Crippen molar-refractivity contribution >= 4 is 66.2 Å². The molecule has 0 saturated heterocycles. The fourth-order valence-electron chi connectivity index (χ4n) is 4.06. The van der Waals surface area contributed by atoms with Crippen molar-refractivity contribution in [2.75, 3.05) is 10.6 Å². The van der Waals surface area contributed by atoms with Crippen LogP contribution in [0.4, 0.5) is 34.1 Å². The van der Waals surface area contributed by atoms with Gasteiger partial charge in [0, 0.05) is 35.6 Å². The van der Waals surface area contributed by atoms with E-state index in [0.29, 0.717) is 35.6 Å². The molecule has 59 heavy (non-hydrogen) atoms. The van der Waals surface area contributed by atoms with Gasteiger partial charge in [-0.1, -0.05) is 61.7 Å². The van der Waals surface area contributed by atoms with Crippen LogP contribution in [0.15, 0.2) is 138 Å². The van der Waals surface area contributed by atoms with Crippen molar-refractivity contribution in [3.8, 4) is 11.5 Å². The summed E-state index contributed by atoms with van der Waals surface area (Å²) in [5.74, 6) is -6.58. The largest absolute Gasteiger partial charge is 3.00 e. The van der Waals surface area contributed by atoms with Crippen molar-refractivity contribution < 1.29 is 87.4 Å². The zero-order valence-corrected chi connectivity index (χ0v) is 32.4. The van der Waals surface area contributed by atoms with Crippen LogP contribution in [-0.4, -0.2) is 47.6 Å². The van der Waals surface area contributed by atoms with Gasteiger partial charge in [-0.3, -0.25) is 29.8 Å². The number of nitrogens with zero attached hydrogens (tertiary/aromatic N) is 6. The van der Waals surface area contributed by atoms with Crippen molar-refractivity contribution in [2.45, 2.75) is 23.6 Å². The van der Waals surface area contributed by atoms with Gasteiger partial charge in [0.1, 0.15) is 31.6 Å². The number of nitro benzene ring substituents is 2. The molecule has 0 heterocycles. The molecule has 0 atom stereocenters. The first-order chi connectivity index (χ1) is 27.0. The quantitative estimate of drug-likeness (QED) is 0.0513. The first-order valence-electron chi connectivity index (χ1n) is 15.2. The molecule has 2 amide bonds. The van der Waals surface area contributed by atoms with Gasteiger partial charge >= 0.3 is 21.6 Å². The minimum absolute atomic E-state index is 0. The third-order valence-electron chi connectivity index (χ3n) is 6.68. The van der Waals surface area contributed by atoms with Gasteiger partial charge in [-0.05, 0) is 24.3 Å². The van der Waals surface area contributed by atoms with E-state index in [2.05, 4.69) is 31.1 Å². The van der Waals surface area contributed by atoms with Crippen LogP contribution in [-0.2, 0) is 47.2 Å². The van der Waals surface area contributed by atoms with Crippen LogP contribution in [0.1, 0.15) is 18.1 Å². The Morgan fingerprint density at radius 3 is 1.17 bits per heavy atom. The number of benzene rings is 4. The molecule has 0 unspecified atom stereocenters. The van der Waals surface area contributed by atoms with Crippen molar-refractivity contribution in [3.63, 3.8) is 0 Å². The molecule has 24 nitrogen and oxygen atoms in total. The van der Waals surface area contributed by atoms with Gasteiger partial charge in [-0.15, -0.1) is 21.7 Å². The van der Waals surface area contributed by atoms with E-state index < -0.39 is 109 Å². The summed E-state index contributed by atoms with van der Waals surface area (Å²) < 4.78 is 67.0. The molecule has 1 radical (unpaired) electrons. The third kappa shape index (κ3) is 13.5. The Labute approximate surface area is 347 Å². The summed E-state index contributed by atoms with van der Waals surface area (Å²) in [7, 11) is -10.7. The molecule has 0 spiro atoms. The van der Waals surface area contributed by atoms with Gasteiger partial charge in [0.15, 0.2) is 0 Å². The number of anilines is 2. The molecule has 0 aliphatic carbocycles. The Balaban J connectivity index is 0. The number of nitro groups is 2. The smallest absolute Gasteiger partial charge is 0.874 e. The van der Waals surface area contributed by atoms with Crippen molar-refractivity contribution in [1.29, 1.82) is 0 Å². The fourth-order valence-corrected chi connectivity index (χ4v) is 5.25. The maximum atomic E-state index is 12.2. The monoisotopic (exact) mass is 893 g/mol. The van der Waals surface area contributed by atoms with Crippen LogP contribution in [0.5, 0.6) is 11.5 Å². The molecule has 0 fully saturated rings. The molecule has 0 aliphatic heterocycles. The summed E-state index contributed by atoms with van der Waals surface area (Å²) in [6.07, 6.45) is 0. The zero-order valence-electron chi connectivity index (χ0n) is 32.5. The molecular weight excluding hydrogens is 869 g/mol. The van der Waals surface area contributed by atoms with Gasteiger partial charge < -0.3 is 40.2 Å². The Bertz CT molecular complexity index is 2450. The van der Waals surface area contributed by atoms with Crippen molar-refractivity contribution in [1.82, 2.24) is 0 Å². The summed E-state index contributed by atoms with van der Waals surface area (Å²) >= 11 is 0. The molecule has 0 bridgehead atoms. The summed E-state index contributed by atoms with van der Waals surface area (Å²) in [5.41, 5.74) is -4.49. The van der Waals surface area contributed by atoms with E-state index in [0.717, 1.165) is 13.8 Å². The van der Waals surface area contributed by atoms with E-state index in [9.17, 15) is 76.2 Å². The molecule has 0 aromatic heterocycles. The predicted octanol–water partition coefficient (Wildman–Crippen LogP) is 2.11. The van der Waals surface area contributed by atoms with Crippen LogP contribution in [0.3, 0.4) is 0 Å². The molecular formula is C32H25CrN8O16S2. The first kappa shape index (κ1) is 48.0. The predicted molar refractivity (Wildman–Crippen MR) is 189 cm³/mol. The van der Waals surface area contributed by atoms with Crippen molar-refractivity contribution in [3.05, 3.63) is 128 Å². The van der Waals surface area contributed by atoms with Crippen LogP contribution in [0.2, 0.25) is 0 Å². The Morgan fingerprint density at radius 1 is 0.610 bits per heavy atom. The van der Waals surface area contributed by atoms with E-state index in [1.165, 1.54) is 24.3 Å². The number of carbonyl (C=O) groups is 2. The topological polar surface area (TPSA) is 401 Å². The van der Waals surface area contributed by atoms with Gasteiger partial charge in [0.25, 0.3) is 23.2 Å². The van der Waals surface area contributed by atoms with E-state index in [-0.39, 0.29) is 21.6 Å². The average molecular weight is 894 g/mol. The molecule has 4 aromatic rings. The van der Waals surface area contributed by atoms with Gasteiger partial charge in [0.2, 0.25) is 0 Å². The summed E-state index contributed by atoms with van der Waals surface area (Å²) in [4.78, 5) is 41.3. The number of nitrogens with one attached hydrogen (secondary N) is 2. The SMILES string of the molecule is C/C([O-])=C(/N=Nc1cc([N+](=O)[O-])cc(S(=O)(=O)[O-])c1[O-])C(=O)Nc1ccccc1.C/C([O-])=C(/N=Nc1cc([N+](=O)[O-])cc(S(=O)(=O)[O-])c1[O-])C(=O)Nc1ccccc1.[Cr+3].[H+].[H+].[H+]. The standard InChI is InChI=1S/2C16H14N4O8S.Cr/c2*1-9(21)14(16(23)17-10-5-3-2-4-6-10)19-18-12-7-11(20(24)25)8-13(15(12)22)29(26,27)28;/h2*2-8,21-22H,1H3,(H,17,23)(H,26,27,28);/q;;+3/p-3/b2*14-9-,19-18?;. The van der Waals surface area contributed by atoms with E-state index >= 15 is 0 Å². The van der Waals surface area contributed by atoms with Crippen LogP contribution < -0.4 is 31.1 Å². The number of non-ortho nitro benzene ring substituents is 2. The normalized spacial score (nSPS) is 12.3. The summed E-state index contributed by atoms with van der Waals surface area (Å²) in [6, 6.07) is 17.6. The number of para-hydroxylation sites is 2. The number of carbonyl (C=O) groups excluding carboxylic acids is 2. The number of hydrogen-bond acceptors (Lipinski definition) is 20. The third-order valence-corrected chi connectivity index (χ3v) is 8.36. The summed E-state index contributed by atoms with van der Waals surface area (Å²) in [5, 5.41) is 87.4. The number of azo groups is 2. The average Bonchev–Trinajstić information content (AvgIpc) is 3.12. The van der Waals surface area contributed by atoms with E-state index in [1.54, 1.807) is 36.4 Å². The second-order valence-corrected chi connectivity index (χ2v) is 13.6. The Hall–Kier alpha value is -7.15. The van der Waals surface area contributed by atoms with Crippen LogP contribution in [0, 0.1) is 20.2 Å². The second-order valence-electron chi connectivity index (χ2n) is 10.9. The van der Waals surface area contributed by atoms with Gasteiger partial charge in [-0.2, -0.15) is 10.2 Å². The molecule has 0 aliphatic rings. The van der Waals surface area contributed by atoms with E-state index in [1.807, 2.05) is 0 Å². The minimum atomic E-state index is -5.35. The van der Waals surface area contributed by atoms with E-state index in [4.69, 9.17) is 0 Å². The Morgan fingerprint density at radius 2 is 0.915 bits per heavy atom. The zero-order chi connectivity index (χ0) is 43.5. The first-order valence-corrected chi connectivity index (χ1v) is 18.1. The number of hydrogen-bond donors (Lipinski definition) is 2. The maximum absolute atomic E-state index is 12.2. The van der Waals surface area contributed by atoms with Crippen molar-refractivity contribution in [2.24, 2.45) is 20.5 Å². The maximum Gasteiger partial charge on any atom is 3.00 e. The second kappa shape index (κ2) is 20.3. The minimum Gasteiger partial charge on any atom is -0.874 e. The molecule has 2 N–H and O–H groups in total. The van der Waals surface area contributed by atoms with Crippen LogP contribution >= 0.6 is 0 Å². The van der Waals surface area contributed by atoms with Gasteiger partial charge in [-0.25, -0.2) is 16.8 Å². The molecule has 0 saturated carbocycles. The number of rotatable bonds is 12. The Kier molecular flexibility index (Phi) is 16.5. The molecule has 4 rings (SSSR count). The number of allylic oxidation sites excluding steroid dienone is 2. The van der Waals surface area contributed by atoms with Crippen LogP contribution in [0.25, 0.3) is 0 Å². The van der Waals surface area contributed by atoms with Gasteiger partial charge in [0.05, 0.1) is 31.0 Å². The molecule has 307 valence electrons. The fraction of sp³-hybridized carbons (Fsp3) is 0.0625. The molecule has 27 heteroatoms. The number of amides is 2. The summed E-state index contributed by atoms with van der Waals surface area (Å²) in [6.45, 7) is 1.97.